The molecule has 0 radical (unpaired) electrons. The van der Waals surface area contributed by atoms with Gasteiger partial charge in [0.2, 0.25) is 5.91 Å². The Morgan fingerprint density at radius 3 is 2.53 bits per heavy atom. The maximum Gasteiger partial charge on any atom is 0.224 e. The van der Waals surface area contributed by atoms with E-state index < -0.39 is 0 Å². The third-order valence-electron chi connectivity index (χ3n) is 3.17. The van der Waals surface area contributed by atoms with Crippen LogP contribution in [0.5, 0.6) is 5.75 Å². The van der Waals surface area contributed by atoms with Crippen LogP contribution in [0.15, 0.2) is 24.3 Å². The van der Waals surface area contributed by atoms with Crippen LogP contribution in [0, 0.1) is 5.92 Å². The fourth-order valence-corrected chi connectivity index (χ4v) is 2.06. The Balaban J connectivity index is 2.33. The molecule has 0 aliphatic carbocycles. The lowest BCUT2D eigenvalue weighted by atomic mass is 10.0. The molecule has 1 aromatic carbocycles. The number of carbonyl (C=O) groups excluding carboxylic acids is 1. The quantitative estimate of drug-likeness (QED) is 0.793. The van der Waals surface area contributed by atoms with Crippen LogP contribution in [0.2, 0.25) is 0 Å². The fraction of sp³-hybridized carbons (Fsp3) is 0.562. The first kappa shape index (κ1) is 15.5. The maximum absolute atomic E-state index is 11.8. The van der Waals surface area contributed by atoms with Crippen molar-refractivity contribution >= 4 is 5.91 Å². The van der Waals surface area contributed by atoms with E-state index in [1.54, 1.807) is 18.2 Å². The van der Waals surface area contributed by atoms with E-state index in [0.717, 1.165) is 12.8 Å². The number of hydrogen-bond donors (Lipinski definition) is 2. The highest BCUT2D eigenvalue weighted by Crippen LogP contribution is 2.16. The van der Waals surface area contributed by atoms with Gasteiger partial charge < -0.3 is 10.4 Å². The number of phenols is 1. The zero-order valence-corrected chi connectivity index (χ0v) is 12.1. The molecule has 0 spiro atoms. The summed E-state index contributed by atoms with van der Waals surface area (Å²) in [6.45, 7) is 6.45. The molecule has 0 fully saturated rings. The molecule has 0 saturated heterocycles. The van der Waals surface area contributed by atoms with Crippen LogP contribution in [-0.4, -0.2) is 17.1 Å². The van der Waals surface area contributed by atoms with Gasteiger partial charge in [0, 0.05) is 11.6 Å². The fourth-order valence-electron chi connectivity index (χ4n) is 2.06. The van der Waals surface area contributed by atoms with Gasteiger partial charge >= 0.3 is 0 Å². The second-order valence-electron chi connectivity index (χ2n) is 5.60. The normalized spacial score (nSPS) is 12.4. The summed E-state index contributed by atoms with van der Waals surface area (Å²) in [4.78, 5) is 11.8. The first-order valence-corrected chi connectivity index (χ1v) is 7.05. The molecule has 0 aliphatic rings. The SMILES string of the molecule is CC(C)CCCC(C)NC(=O)Cc1ccccc1O. The average Bonchev–Trinajstić information content (AvgIpc) is 2.31. The molecule has 1 rings (SSSR count). The van der Waals surface area contributed by atoms with Crippen LogP contribution in [0.25, 0.3) is 0 Å². The maximum atomic E-state index is 11.8. The molecule has 1 aromatic rings. The van der Waals surface area contributed by atoms with Crippen LogP contribution in [0.4, 0.5) is 0 Å². The van der Waals surface area contributed by atoms with Crippen LogP contribution in [-0.2, 0) is 11.2 Å². The number of aromatic hydroxyl groups is 1. The minimum Gasteiger partial charge on any atom is -0.508 e. The number of benzene rings is 1. The Labute approximate surface area is 116 Å². The summed E-state index contributed by atoms with van der Waals surface area (Å²) in [6.07, 6.45) is 3.57. The van der Waals surface area contributed by atoms with Gasteiger partial charge in [-0.05, 0) is 25.3 Å². The summed E-state index contributed by atoms with van der Waals surface area (Å²) in [5.41, 5.74) is 0.675. The van der Waals surface area contributed by atoms with Gasteiger partial charge in [0.1, 0.15) is 5.75 Å². The highest BCUT2D eigenvalue weighted by molar-refractivity contribution is 5.79. The Kier molecular flexibility index (Phi) is 6.40. The molecule has 0 aromatic heterocycles. The predicted octanol–water partition coefficient (Wildman–Crippen LogP) is 3.27. The number of carbonyl (C=O) groups is 1. The smallest absolute Gasteiger partial charge is 0.224 e. The van der Waals surface area contributed by atoms with Crippen LogP contribution >= 0.6 is 0 Å². The molecule has 0 bridgehead atoms. The second-order valence-corrected chi connectivity index (χ2v) is 5.60. The lowest BCUT2D eigenvalue weighted by Crippen LogP contribution is -2.33. The minimum absolute atomic E-state index is 0.0291. The number of rotatable bonds is 7. The molecule has 2 N–H and O–H groups in total. The third kappa shape index (κ3) is 6.27. The summed E-state index contributed by atoms with van der Waals surface area (Å²) in [5, 5.41) is 12.6. The standard InChI is InChI=1S/C16H25NO2/c1-12(2)7-6-8-13(3)17-16(19)11-14-9-4-5-10-15(14)18/h4-5,9-10,12-13,18H,6-8,11H2,1-3H3,(H,17,19). The number of nitrogens with one attached hydrogen (secondary N) is 1. The molecule has 1 amide bonds. The molecule has 0 heterocycles. The third-order valence-corrected chi connectivity index (χ3v) is 3.17. The van der Waals surface area contributed by atoms with Crippen LogP contribution in [0.1, 0.15) is 45.6 Å². The molecule has 0 saturated carbocycles. The van der Waals surface area contributed by atoms with Crippen molar-refractivity contribution in [3.63, 3.8) is 0 Å². The van der Waals surface area contributed by atoms with Gasteiger partial charge in [-0.25, -0.2) is 0 Å². The van der Waals surface area contributed by atoms with Gasteiger partial charge in [0.25, 0.3) is 0 Å². The number of phenolic OH excluding ortho intramolecular Hbond substituents is 1. The second kappa shape index (κ2) is 7.82. The van der Waals surface area contributed by atoms with Crippen LogP contribution in [0.3, 0.4) is 0 Å². The van der Waals surface area contributed by atoms with Crippen molar-refractivity contribution in [1.82, 2.24) is 5.32 Å². The van der Waals surface area contributed by atoms with Gasteiger partial charge in [-0.2, -0.15) is 0 Å². The number of para-hydroxylation sites is 1. The van der Waals surface area contributed by atoms with Crippen molar-refractivity contribution < 1.29 is 9.90 Å². The van der Waals surface area contributed by atoms with Gasteiger partial charge in [0.05, 0.1) is 6.42 Å². The summed E-state index contributed by atoms with van der Waals surface area (Å²) < 4.78 is 0. The van der Waals surface area contributed by atoms with Gasteiger partial charge in [-0.1, -0.05) is 44.9 Å². The average molecular weight is 263 g/mol. The lowest BCUT2D eigenvalue weighted by Gasteiger charge is -2.14. The molecular weight excluding hydrogens is 238 g/mol. The Morgan fingerprint density at radius 1 is 1.21 bits per heavy atom. The number of hydrogen-bond acceptors (Lipinski definition) is 2. The monoisotopic (exact) mass is 263 g/mol. The molecule has 3 nitrogen and oxygen atoms in total. The van der Waals surface area contributed by atoms with E-state index in [2.05, 4.69) is 19.2 Å². The van der Waals surface area contributed by atoms with Crippen molar-refractivity contribution in [2.45, 2.75) is 52.5 Å². The van der Waals surface area contributed by atoms with E-state index in [1.165, 1.54) is 6.42 Å². The molecule has 1 unspecified atom stereocenters. The minimum atomic E-state index is -0.0291. The number of amides is 1. The zero-order valence-electron chi connectivity index (χ0n) is 12.1. The first-order chi connectivity index (χ1) is 8.99. The summed E-state index contributed by atoms with van der Waals surface area (Å²) in [5.74, 6) is 0.868. The summed E-state index contributed by atoms with van der Waals surface area (Å²) >= 11 is 0. The molecule has 0 aliphatic heterocycles. The van der Waals surface area contributed by atoms with E-state index in [1.807, 2.05) is 13.0 Å². The Morgan fingerprint density at radius 2 is 1.89 bits per heavy atom. The first-order valence-electron chi connectivity index (χ1n) is 7.05. The van der Waals surface area contributed by atoms with Crippen LogP contribution < -0.4 is 5.32 Å². The Hall–Kier alpha value is -1.51. The molecule has 19 heavy (non-hydrogen) atoms. The molecule has 106 valence electrons. The largest absolute Gasteiger partial charge is 0.508 e. The highest BCUT2D eigenvalue weighted by atomic mass is 16.3. The van der Waals surface area contributed by atoms with Gasteiger partial charge in [-0.15, -0.1) is 0 Å². The van der Waals surface area contributed by atoms with Crippen molar-refractivity contribution in [3.8, 4) is 5.75 Å². The van der Waals surface area contributed by atoms with Crippen molar-refractivity contribution in [1.29, 1.82) is 0 Å². The topological polar surface area (TPSA) is 49.3 Å². The molecule has 1 atom stereocenters. The van der Waals surface area contributed by atoms with E-state index in [4.69, 9.17) is 0 Å². The molecular formula is C16H25NO2. The molecule has 3 heteroatoms. The lowest BCUT2D eigenvalue weighted by molar-refractivity contribution is -0.121. The zero-order chi connectivity index (χ0) is 14.3. The van der Waals surface area contributed by atoms with Crippen molar-refractivity contribution in [3.05, 3.63) is 29.8 Å². The highest BCUT2D eigenvalue weighted by Gasteiger charge is 2.10. The van der Waals surface area contributed by atoms with Gasteiger partial charge in [0.15, 0.2) is 0 Å². The van der Waals surface area contributed by atoms with Crippen molar-refractivity contribution in [2.75, 3.05) is 0 Å². The Bertz CT molecular complexity index is 401. The predicted molar refractivity (Wildman–Crippen MR) is 78.1 cm³/mol. The van der Waals surface area contributed by atoms with E-state index in [9.17, 15) is 9.90 Å². The van der Waals surface area contributed by atoms with E-state index in [-0.39, 0.29) is 24.1 Å². The van der Waals surface area contributed by atoms with E-state index >= 15 is 0 Å². The van der Waals surface area contributed by atoms with E-state index in [0.29, 0.717) is 11.5 Å². The van der Waals surface area contributed by atoms with Crippen molar-refractivity contribution in [2.24, 2.45) is 5.92 Å². The van der Waals surface area contributed by atoms with Gasteiger partial charge in [-0.3, -0.25) is 4.79 Å². The summed E-state index contributed by atoms with van der Waals surface area (Å²) in [7, 11) is 0. The summed E-state index contributed by atoms with van der Waals surface area (Å²) in [6, 6.07) is 7.16.